The lowest BCUT2D eigenvalue weighted by molar-refractivity contribution is -0.127. The van der Waals surface area contributed by atoms with Crippen molar-refractivity contribution < 1.29 is 14.0 Å². The van der Waals surface area contributed by atoms with Crippen molar-refractivity contribution >= 4 is 23.3 Å². The van der Waals surface area contributed by atoms with Gasteiger partial charge in [-0.25, -0.2) is 9.37 Å². The Morgan fingerprint density at radius 3 is 2.81 bits per heavy atom. The van der Waals surface area contributed by atoms with Gasteiger partial charge < -0.3 is 15.5 Å². The Kier molecular flexibility index (Phi) is 4.70. The van der Waals surface area contributed by atoms with Crippen molar-refractivity contribution in [1.29, 1.82) is 0 Å². The molecule has 0 saturated carbocycles. The number of anilines is 2. The Bertz CT molecular complexity index is 852. The molecule has 1 saturated heterocycles. The second-order valence-electron chi connectivity index (χ2n) is 6.87. The van der Waals surface area contributed by atoms with Gasteiger partial charge in [-0.05, 0) is 36.6 Å². The molecule has 0 bridgehead atoms. The zero-order valence-corrected chi connectivity index (χ0v) is 14.7. The summed E-state index contributed by atoms with van der Waals surface area (Å²) in [6, 6.07) is 4.13. The molecule has 1 atom stereocenters. The first-order valence-electron chi connectivity index (χ1n) is 9.01. The molecule has 7 nitrogen and oxygen atoms in total. The molecule has 4 rings (SSSR count). The first kappa shape index (κ1) is 17.4. The minimum Gasteiger partial charge on any atom is -0.355 e. The van der Waals surface area contributed by atoms with Crippen LogP contribution in [-0.4, -0.2) is 40.9 Å². The predicted octanol–water partition coefficient (Wildman–Crippen LogP) is 1.83. The molecular weight excluding hydrogens is 349 g/mol. The van der Waals surface area contributed by atoms with Gasteiger partial charge in [0.2, 0.25) is 11.8 Å². The van der Waals surface area contributed by atoms with E-state index in [0.717, 1.165) is 31.7 Å². The monoisotopic (exact) mass is 369 g/mol. The minimum absolute atomic E-state index is 0.0208. The van der Waals surface area contributed by atoms with E-state index in [1.165, 1.54) is 18.2 Å². The third-order valence-corrected chi connectivity index (χ3v) is 5.08. The van der Waals surface area contributed by atoms with Crippen LogP contribution in [0.25, 0.3) is 0 Å². The molecule has 1 unspecified atom stereocenters. The van der Waals surface area contributed by atoms with Crippen molar-refractivity contribution in [3.63, 3.8) is 0 Å². The van der Waals surface area contributed by atoms with Crippen LogP contribution in [0.5, 0.6) is 0 Å². The van der Waals surface area contributed by atoms with Crippen LogP contribution < -0.4 is 15.5 Å². The average Bonchev–Trinajstić information content (AvgIpc) is 2.69. The summed E-state index contributed by atoms with van der Waals surface area (Å²) in [6.07, 6.45) is 6.60. The van der Waals surface area contributed by atoms with Gasteiger partial charge in [-0.15, -0.1) is 0 Å². The summed E-state index contributed by atoms with van der Waals surface area (Å²) in [7, 11) is 0. The lowest BCUT2D eigenvalue weighted by Crippen LogP contribution is -2.47. The molecule has 1 fully saturated rings. The van der Waals surface area contributed by atoms with Crippen LogP contribution in [-0.2, 0) is 9.59 Å². The van der Waals surface area contributed by atoms with Crippen LogP contribution in [0.3, 0.4) is 0 Å². The summed E-state index contributed by atoms with van der Waals surface area (Å²) >= 11 is 0. The lowest BCUT2D eigenvalue weighted by atomic mass is 9.89. The van der Waals surface area contributed by atoms with Crippen molar-refractivity contribution in [2.24, 2.45) is 0 Å². The summed E-state index contributed by atoms with van der Waals surface area (Å²) < 4.78 is 13.6. The molecule has 8 heteroatoms. The number of carbonyl (C=O) groups excluding carboxylic acids is 2. The quantitative estimate of drug-likeness (QED) is 0.862. The number of hydrogen-bond donors (Lipinski definition) is 2. The molecule has 0 radical (unpaired) electrons. The third-order valence-electron chi connectivity index (χ3n) is 5.08. The maximum Gasteiger partial charge on any atom is 0.228 e. The average molecular weight is 369 g/mol. The highest BCUT2D eigenvalue weighted by atomic mass is 19.1. The van der Waals surface area contributed by atoms with Gasteiger partial charge in [0.15, 0.2) is 0 Å². The van der Waals surface area contributed by atoms with Gasteiger partial charge in [-0.3, -0.25) is 14.6 Å². The van der Waals surface area contributed by atoms with Crippen LogP contribution in [0.4, 0.5) is 15.9 Å². The van der Waals surface area contributed by atoms with E-state index >= 15 is 0 Å². The number of carbonyl (C=O) groups is 2. The fourth-order valence-corrected chi connectivity index (χ4v) is 3.68. The fourth-order valence-electron chi connectivity index (χ4n) is 3.68. The van der Waals surface area contributed by atoms with Gasteiger partial charge in [0.05, 0.1) is 12.1 Å². The van der Waals surface area contributed by atoms with E-state index in [1.807, 2.05) is 0 Å². The first-order valence-corrected chi connectivity index (χ1v) is 9.01. The first-order chi connectivity index (χ1) is 13.1. The van der Waals surface area contributed by atoms with Crippen LogP contribution in [0.15, 0.2) is 36.8 Å². The second kappa shape index (κ2) is 7.30. The summed E-state index contributed by atoms with van der Waals surface area (Å²) in [6.45, 7) is 1.53. The number of hydrogen-bond acceptors (Lipinski definition) is 5. The number of rotatable bonds is 3. The zero-order valence-electron chi connectivity index (χ0n) is 14.7. The van der Waals surface area contributed by atoms with Crippen LogP contribution >= 0.6 is 0 Å². The highest BCUT2D eigenvalue weighted by Gasteiger charge is 2.32. The molecule has 2 amide bonds. The molecule has 140 valence electrons. The molecule has 0 aliphatic carbocycles. The third kappa shape index (κ3) is 3.74. The SMILES string of the molecule is O=C1CC(C(=O)NC2CCN(c3cnccn3)CC2)c2cc(F)ccc2N1. The predicted molar refractivity (Wildman–Crippen MR) is 97.8 cm³/mol. The number of aromatic nitrogens is 2. The number of fused-ring (bicyclic) bond motifs is 1. The van der Waals surface area contributed by atoms with Crippen LogP contribution in [0.2, 0.25) is 0 Å². The molecule has 2 aromatic rings. The highest BCUT2D eigenvalue weighted by molar-refractivity contribution is 6.01. The molecule has 2 aliphatic rings. The van der Waals surface area contributed by atoms with Gasteiger partial charge in [0.25, 0.3) is 0 Å². The van der Waals surface area contributed by atoms with Crippen molar-refractivity contribution in [2.75, 3.05) is 23.3 Å². The van der Waals surface area contributed by atoms with Crippen LogP contribution in [0.1, 0.15) is 30.7 Å². The van der Waals surface area contributed by atoms with E-state index in [-0.39, 0.29) is 24.3 Å². The molecule has 2 aliphatic heterocycles. The number of nitrogens with zero attached hydrogens (tertiary/aromatic N) is 3. The van der Waals surface area contributed by atoms with Crippen molar-refractivity contribution in [1.82, 2.24) is 15.3 Å². The van der Waals surface area contributed by atoms with Gasteiger partial charge in [0, 0.05) is 43.6 Å². The van der Waals surface area contributed by atoms with Crippen molar-refractivity contribution in [2.45, 2.75) is 31.2 Å². The second-order valence-corrected chi connectivity index (χ2v) is 6.87. The number of benzene rings is 1. The van der Waals surface area contributed by atoms with E-state index < -0.39 is 11.7 Å². The van der Waals surface area contributed by atoms with Crippen LogP contribution in [0, 0.1) is 5.82 Å². The van der Waals surface area contributed by atoms with Gasteiger partial charge in [0.1, 0.15) is 11.6 Å². The number of nitrogens with one attached hydrogen (secondary N) is 2. The maximum atomic E-state index is 13.6. The number of halogens is 1. The minimum atomic E-state index is -0.664. The Balaban J connectivity index is 1.40. The standard InChI is InChI=1S/C19H20FN5O2/c20-12-1-2-16-14(9-12)15(10-18(26)24-16)19(27)23-13-3-7-25(8-4-13)17-11-21-5-6-22-17/h1-2,5-6,9,11,13,15H,3-4,7-8,10H2,(H,23,27)(H,24,26). The summed E-state index contributed by atoms with van der Waals surface area (Å²) in [5.41, 5.74) is 1.04. The molecule has 1 aromatic carbocycles. The van der Waals surface area contributed by atoms with E-state index in [9.17, 15) is 14.0 Å². The normalized spacial score (nSPS) is 20.0. The Morgan fingerprint density at radius 1 is 1.26 bits per heavy atom. The number of piperidine rings is 1. The topological polar surface area (TPSA) is 87.2 Å². The smallest absolute Gasteiger partial charge is 0.228 e. The zero-order chi connectivity index (χ0) is 18.8. The fraction of sp³-hybridized carbons (Fsp3) is 0.368. The summed E-state index contributed by atoms with van der Waals surface area (Å²) in [5.74, 6) is -0.709. The van der Waals surface area contributed by atoms with E-state index in [2.05, 4.69) is 25.5 Å². The van der Waals surface area contributed by atoms with E-state index in [1.54, 1.807) is 18.6 Å². The molecule has 27 heavy (non-hydrogen) atoms. The van der Waals surface area contributed by atoms with Crippen molar-refractivity contribution in [3.8, 4) is 0 Å². The van der Waals surface area contributed by atoms with Gasteiger partial charge in [-0.2, -0.15) is 0 Å². The van der Waals surface area contributed by atoms with Gasteiger partial charge >= 0.3 is 0 Å². The summed E-state index contributed by atoms with van der Waals surface area (Å²) in [5, 5.41) is 5.73. The highest BCUT2D eigenvalue weighted by Crippen LogP contribution is 2.33. The molecule has 1 aromatic heterocycles. The Labute approximate surface area is 156 Å². The molecular formula is C19H20FN5O2. The molecule has 2 N–H and O–H groups in total. The lowest BCUT2D eigenvalue weighted by Gasteiger charge is -2.34. The summed E-state index contributed by atoms with van der Waals surface area (Å²) in [4.78, 5) is 35.2. The van der Waals surface area contributed by atoms with E-state index in [0.29, 0.717) is 11.3 Å². The maximum absolute atomic E-state index is 13.6. The van der Waals surface area contributed by atoms with Gasteiger partial charge in [-0.1, -0.05) is 0 Å². The largest absolute Gasteiger partial charge is 0.355 e. The van der Waals surface area contributed by atoms with E-state index in [4.69, 9.17) is 0 Å². The Morgan fingerprint density at radius 2 is 2.07 bits per heavy atom. The molecule has 0 spiro atoms. The Hall–Kier alpha value is -3.03. The molecule has 3 heterocycles. The number of amides is 2. The van der Waals surface area contributed by atoms with Crippen molar-refractivity contribution in [3.05, 3.63) is 48.2 Å².